The number of nitrogens with zero attached hydrogens (tertiary/aromatic N) is 2. The van der Waals surface area contributed by atoms with Crippen LogP contribution < -0.4 is 5.32 Å². The van der Waals surface area contributed by atoms with E-state index >= 15 is 0 Å². The quantitative estimate of drug-likeness (QED) is 0.842. The summed E-state index contributed by atoms with van der Waals surface area (Å²) in [7, 11) is 0. The van der Waals surface area contributed by atoms with Crippen LogP contribution in [-0.2, 0) is 9.53 Å². The Hall–Kier alpha value is -0.950. The van der Waals surface area contributed by atoms with Crippen molar-refractivity contribution in [3.8, 4) is 0 Å². The first-order valence-corrected chi connectivity index (χ1v) is 9.07. The fraction of sp³-hybridized carbons (Fsp3) is 0.867. The van der Waals surface area contributed by atoms with E-state index in [1.165, 1.54) is 5.75 Å². The molecule has 126 valence electrons. The molecule has 2 amide bonds. The zero-order chi connectivity index (χ0) is 16.2. The first kappa shape index (κ1) is 17.4. The van der Waals surface area contributed by atoms with Crippen molar-refractivity contribution in [3.05, 3.63) is 0 Å². The van der Waals surface area contributed by atoms with Crippen LogP contribution in [0.2, 0.25) is 0 Å². The Labute approximate surface area is 136 Å². The highest BCUT2D eigenvalue weighted by Gasteiger charge is 2.27. The summed E-state index contributed by atoms with van der Waals surface area (Å²) in [6.45, 7) is 8.23. The Kier molecular flexibility index (Phi) is 5.97. The van der Waals surface area contributed by atoms with Gasteiger partial charge in [-0.1, -0.05) is 0 Å². The van der Waals surface area contributed by atoms with Gasteiger partial charge in [0.15, 0.2) is 0 Å². The van der Waals surface area contributed by atoms with E-state index in [1.807, 2.05) is 37.4 Å². The molecule has 0 aromatic carbocycles. The molecule has 0 spiro atoms. The lowest BCUT2D eigenvalue weighted by Gasteiger charge is -2.35. The summed E-state index contributed by atoms with van der Waals surface area (Å²) >= 11 is 1.93. The van der Waals surface area contributed by atoms with E-state index in [4.69, 9.17) is 4.74 Å². The summed E-state index contributed by atoms with van der Waals surface area (Å²) in [5.41, 5.74) is -0.479. The van der Waals surface area contributed by atoms with Gasteiger partial charge in [-0.3, -0.25) is 4.79 Å². The molecule has 0 bridgehead atoms. The summed E-state index contributed by atoms with van der Waals surface area (Å²) in [6.07, 6.45) is 0.852. The van der Waals surface area contributed by atoms with Crippen molar-refractivity contribution in [2.24, 2.45) is 0 Å². The zero-order valence-corrected chi connectivity index (χ0v) is 14.6. The maximum atomic E-state index is 12.2. The summed E-state index contributed by atoms with van der Waals surface area (Å²) in [5.74, 6) is 2.40. The minimum atomic E-state index is -0.479. The molecule has 0 aromatic rings. The molecule has 2 aliphatic rings. The minimum absolute atomic E-state index is 0.126. The first-order valence-electron chi connectivity index (χ1n) is 7.92. The lowest BCUT2D eigenvalue weighted by Crippen LogP contribution is -2.53. The molecule has 22 heavy (non-hydrogen) atoms. The molecule has 2 heterocycles. The average molecular weight is 329 g/mol. The average Bonchev–Trinajstić information content (AvgIpc) is 2.96. The van der Waals surface area contributed by atoms with Gasteiger partial charge in [0.1, 0.15) is 5.60 Å². The highest BCUT2D eigenvalue weighted by molar-refractivity contribution is 7.99. The third-order valence-electron chi connectivity index (χ3n) is 3.76. The van der Waals surface area contributed by atoms with Gasteiger partial charge in [-0.05, 0) is 32.9 Å². The van der Waals surface area contributed by atoms with Crippen LogP contribution in [0.5, 0.6) is 0 Å². The molecule has 6 nitrogen and oxygen atoms in total. The van der Waals surface area contributed by atoms with Gasteiger partial charge < -0.3 is 19.9 Å². The predicted octanol–water partition coefficient (Wildman–Crippen LogP) is 1.16. The number of thioether (sulfide) groups is 1. The van der Waals surface area contributed by atoms with Gasteiger partial charge in [0, 0.05) is 38.0 Å². The number of rotatable bonds is 3. The van der Waals surface area contributed by atoms with Crippen LogP contribution in [0.15, 0.2) is 0 Å². The number of ether oxygens (including phenoxy) is 1. The molecule has 0 radical (unpaired) electrons. The van der Waals surface area contributed by atoms with E-state index in [2.05, 4.69) is 5.32 Å². The van der Waals surface area contributed by atoms with Crippen LogP contribution in [0.3, 0.4) is 0 Å². The van der Waals surface area contributed by atoms with Crippen molar-refractivity contribution in [1.29, 1.82) is 0 Å². The fourth-order valence-electron chi connectivity index (χ4n) is 2.50. The van der Waals surface area contributed by atoms with Crippen molar-refractivity contribution in [2.45, 2.75) is 38.8 Å². The van der Waals surface area contributed by atoms with Crippen LogP contribution in [0.25, 0.3) is 0 Å². The van der Waals surface area contributed by atoms with E-state index in [0.29, 0.717) is 38.8 Å². The van der Waals surface area contributed by atoms with Gasteiger partial charge in [-0.25, -0.2) is 4.79 Å². The molecule has 2 aliphatic heterocycles. The molecule has 7 heteroatoms. The second-order valence-electron chi connectivity index (χ2n) is 6.79. The molecule has 0 saturated carbocycles. The fourth-order valence-corrected chi connectivity index (χ4v) is 3.69. The Morgan fingerprint density at radius 2 is 1.82 bits per heavy atom. The van der Waals surface area contributed by atoms with Crippen molar-refractivity contribution < 1.29 is 14.3 Å². The summed E-state index contributed by atoms with van der Waals surface area (Å²) in [4.78, 5) is 27.7. The minimum Gasteiger partial charge on any atom is -0.444 e. The van der Waals surface area contributed by atoms with Crippen molar-refractivity contribution >= 4 is 23.8 Å². The monoisotopic (exact) mass is 329 g/mol. The van der Waals surface area contributed by atoms with Crippen molar-refractivity contribution in [1.82, 2.24) is 15.1 Å². The number of nitrogens with one attached hydrogen (secondary N) is 1. The van der Waals surface area contributed by atoms with Gasteiger partial charge in [-0.15, -0.1) is 0 Å². The predicted molar refractivity (Wildman–Crippen MR) is 88.1 cm³/mol. The van der Waals surface area contributed by atoms with E-state index in [1.54, 1.807) is 4.90 Å². The highest BCUT2D eigenvalue weighted by atomic mass is 32.2. The molecule has 1 atom stereocenters. The van der Waals surface area contributed by atoms with Crippen LogP contribution in [-0.4, -0.2) is 77.7 Å². The topological polar surface area (TPSA) is 61.9 Å². The van der Waals surface area contributed by atoms with Crippen LogP contribution >= 0.6 is 11.8 Å². The Morgan fingerprint density at radius 1 is 1.18 bits per heavy atom. The smallest absolute Gasteiger partial charge is 0.410 e. The molecule has 1 N–H and O–H groups in total. The standard InChI is InChI=1S/C15H27N3O3S/c1-15(2,3)21-14(20)18-7-5-17(6-8-18)13(19)10-16-12-4-9-22-11-12/h12,16H,4-11H2,1-3H3. The number of piperazine rings is 1. The van der Waals surface area contributed by atoms with Crippen molar-refractivity contribution in [2.75, 3.05) is 44.2 Å². The molecule has 0 aromatic heterocycles. The molecule has 1 unspecified atom stereocenters. The number of amides is 2. The van der Waals surface area contributed by atoms with Crippen LogP contribution in [0.1, 0.15) is 27.2 Å². The molecular weight excluding hydrogens is 302 g/mol. The number of carbonyl (C=O) groups is 2. The Morgan fingerprint density at radius 3 is 2.36 bits per heavy atom. The molecular formula is C15H27N3O3S. The Balaban J connectivity index is 1.69. The maximum Gasteiger partial charge on any atom is 0.410 e. The summed E-state index contributed by atoms with van der Waals surface area (Å²) in [5, 5.41) is 3.33. The first-order chi connectivity index (χ1) is 10.3. The lowest BCUT2D eigenvalue weighted by molar-refractivity contribution is -0.132. The van der Waals surface area contributed by atoms with E-state index in [-0.39, 0.29) is 12.0 Å². The summed E-state index contributed by atoms with van der Waals surface area (Å²) in [6, 6.07) is 0.469. The highest BCUT2D eigenvalue weighted by Crippen LogP contribution is 2.17. The third kappa shape index (κ3) is 5.35. The van der Waals surface area contributed by atoms with Gasteiger partial charge in [0.25, 0.3) is 0 Å². The second kappa shape index (κ2) is 7.55. The largest absolute Gasteiger partial charge is 0.444 e. The summed E-state index contributed by atoms with van der Waals surface area (Å²) < 4.78 is 5.36. The van der Waals surface area contributed by atoms with Gasteiger partial charge in [-0.2, -0.15) is 11.8 Å². The van der Waals surface area contributed by atoms with Crippen LogP contribution in [0.4, 0.5) is 4.79 Å². The van der Waals surface area contributed by atoms with Gasteiger partial charge in [0.2, 0.25) is 5.91 Å². The van der Waals surface area contributed by atoms with E-state index in [9.17, 15) is 9.59 Å². The van der Waals surface area contributed by atoms with Gasteiger partial charge in [0.05, 0.1) is 6.54 Å². The van der Waals surface area contributed by atoms with E-state index in [0.717, 1.165) is 12.2 Å². The number of hydrogen-bond acceptors (Lipinski definition) is 5. The third-order valence-corrected chi connectivity index (χ3v) is 4.92. The van der Waals surface area contributed by atoms with Crippen molar-refractivity contribution in [3.63, 3.8) is 0 Å². The van der Waals surface area contributed by atoms with E-state index < -0.39 is 5.60 Å². The van der Waals surface area contributed by atoms with Crippen LogP contribution in [0, 0.1) is 0 Å². The molecule has 2 fully saturated rings. The lowest BCUT2D eigenvalue weighted by atomic mass is 10.2. The number of carbonyl (C=O) groups excluding carboxylic acids is 2. The molecule has 0 aliphatic carbocycles. The number of hydrogen-bond donors (Lipinski definition) is 1. The molecule has 2 saturated heterocycles. The second-order valence-corrected chi connectivity index (χ2v) is 7.94. The zero-order valence-electron chi connectivity index (χ0n) is 13.8. The Bertz CT molecular complexity index is 397. The molecule has 2 rings (SSSR count). The SMILES string of the molecule is CC(C)(C)OC(=O)N1CCN(C(=O)CNC2CCSC2)CC1. The normalized spacial score (nSPS) is 22.8. The van der Waals surface area contributed by atoms with Gasteiger partial charge >= 0.3 is 6.09 Å². The maximum absolute atomic E-state index is 12.2.